The zero-order valence-corrected chi connectivity index (χ0v) is 9.97. The minimum absolute atomic E-state index is 0.897. The molecule has 0 aromatic carbocycles. The molecule has 1 aliphatic rings. The Balaban J connectivity index is 1.48. The van der Waals surface area contributed by atoms with Crippen molar-refractivity contribution in [3.05, 3.63) is 24.0 Å². The topological polar surface area (TPSA) is 39.8 Å². The van der Waals surface area contributed by atoms with E-state index in [1.807, 2.05) is 6.20 Å². The van der Waals surface area contributed by atoms with Gasteiger partial charge in [0.25, 0.3) is 0 Å². The van der Waals surface area contributed by atoms with E-state index in [-0.39, 0.29) is 0 Å². The fourth-order valence-electron chi connectivity index (χ4n) is 2.35. The number of aromatic amines is 1. The highest BCUT2D eigenvalue weighted by Gasteiger charge is 2.11. The van der Waals surface area contributed by atoms with E-state index in [9.17, 15) is 0 Å². The van der Waals surface area contributed by atoms with Gasteiger partial charge in [0, 0.05) is 12.4 Å². The molecule has 0 spiro atoms. The molecule has 0 radical (unpaired) electrons. The summed E-state index contributed by atoms with van der Waals surface area (Å²) in [6.45, 7) is 4.70. The Hall–Kier alpha value is -0.800. The second-order valence-corrected chi connectivity index (χ2v) is 4.72. The summed E-state index contributed by atoms with van der Waals surface area (Å²) in [5.74, 6) is 0.897. The Morgan fingerprint density at radius 3 is 3.12 bits per heavy atom. The maximum Gasteiger partial charge on any atom is 0.00378 e. The van der Waals surface area contributed by atoms with Crippen molar-refractivity contribution in [3.63, 3.8) is 0 Å². The summed E-state index contributed by atoms with van der Waals surface area (Å²) in [5.41, 5.74) is 1.40. The number of piperidine rings is 1. The third-order valence-electron chi connectivity index (χ3n) is 3.38. The van der Waals surface area contributed by atoms with Crippen molar-refractivity contribution in [3.8, 4) is 0 Å². The van der Waals surface area contributed by atoms with Crippen LogP contribution in [0, 0.1) is 5.92 Å². The fraction of sp³-hybridized carbons (Fsp3) is 0.692. The van der Waals surface area contributed by atoms with Crippen molar-refractivity contribution in [1.29, 1.82) is 0 Å². The summed E-state index contributed by atoms with van der Waals surface area (Å²) in [7, 11) is 0. The van der Waals surface area contributed by atoms with E-state index >= 15 is 0 Å². The molecule has 1 fully saturated rings. The molecule has 2 rings (SSSR count). The molecule has 0 amide bonds. The van der Waals surface area contributed by atoms with Gasteiger partial charge in [0.05, 0.1) is 0 Å². The smallest absolute Gasteiger partial charge is 0.00378 e. The summed E-state index contributed by atoms with van der Waals surface area (Å²) in [6, 6.07) is 2.15. The van der Waals surface area contributed by atoms with Gasteiger partial charge in [0.1, 0.15) is 0 Å². The third kappa shape index (κ3) is 3.99. The average Bonchev–Trinajstić information content (AvgIpc) is 2.83. The molecule has 1 saturated heterocycles. The van der Waals surface area contributed by atoms with Gasteiger partial charge in [-0.1, -0.05) is 0 Å². The predicted molar refractivity (Wildman–Crippen MR) is 67.6 cm³/mol. The SMILES string of the molecule is c1cc(CCNCCC2CCCNC2)c[nH]1. The number of hydrogen-bond acceptors (Lipinski definition) is 2. The highest BCUT2D eigenvalue weighted by atomic mass is 14.9. The van der Waals surface area contributed by atoms with Gasteiger partial charge in [-0.3, -0.25) is 0 Å². The maximum absolute atomic E-state index is 3.53. The molecule has 3 heteroatoms. The van der Waals surface area contributed by atoms with Gasteiger partial charge in [-0.05, 0) is 69.4 Å². The Bertz CT molecular complexity index is 263. The number of H-pyrrole nitrogens is 1. The predicted octanol–water partition coefficient (Wildman–Crippen LogP) is 1.54. The van der Waals surface area contributed by atoms with E-state index in [4.69, 9.17) is 0 Å². The number of hydrogen-bond donors (Lipinski definition) is 3. The molecule has 16 heavy (non-hydrogen) atoms. The van der Waals surface area contributed by atoms with Gasteiger partial charge < -0.3 is 15.6 Å². The van der Waals surface area contributed by atoms with E-state index in [2.05, 4.69) is 27.9 Å². The molecule has 1 aromatic rings. The second-order valence-electron chi connectivity index (χ2n) is 4.72. The van der Waals surface area contributed by atoms with Gasteiger partial charge in [0.2, 0.25) is 0 Å². The summed E-state index contributed by atoms with van der Waals surface area (Å²) in [4.78, 5) is 3.09. The van der Waals surface area contributed by atoms with Crippen LogP contribution in [0.3, 0.4) is 0 Å². The van der Waals surface area contributed by atoms with Crippen LogP contribution < -0.4 is 10.6 Å². The van der Waals surface area contributed by atoms with Gasteiger partial charge >= 0.3 is 0 Å². The lowest BCUT2D eigenvalue weighted by atomic mass is 9.96. The van der Waals surface area contributed by atoms with E-state index in [1.165, 1.54) is 37.9 Å². The van der Waals surface area contributed by atoms with E-state index in [0.29, 0.717) is 0 Å². The normalized spacial score (nSPS) is 21.1. The van der Waals surface area contributed by atoms with Crippen LogP contribution in [0.25, 0.3) is 0 Å². The summed E-state index contributed by atoms with van der Waals surface area (Å²) in [6.07, 6.45) is 9.28. The summed E-state index contributed by atoms with van der Waals surface area (Å²) >= 11 is 0. The van der Waals surface area contributed by atoms with Crippen molar-refractivity contribution in [2.75, 3.05) is 26.2 Å². The van der Waals surface area contributed by atoms with Gasteiger partial charge in [-0.25, -0.2) is 0 Å². The third-order valence-corrected chi connectivity index (χ3v) is 3.38. The number of aromatic nitrogens is 1. The molecule has 1 atom stereocenters. The molecule has 0 aliphatic carbocycles. The number of nitrogens with one attached hydrogen (secondary N) is 3. The summed E-state index contributed by atoms with van der Waals surface area (Å²) < 4.78 is 0. The van der Waals surface area contributed by atoms with Crippen LogP contribution in [0.2, 0.25) is 0 Å². The zero-order valence-electron chi connectivity index (χ0n) is 9.97. The van der Waals surface area contributed by atoms with E-state index in [1.54, 1.807) is 0 Å². The Kier molecular flexibility index (Phi) is 4.90. The summed E-state index contributed by atoms with van der Waals surface area (Å²) in [5, 5.41) is 7.00. The van der Waals surface area contributed by atoms with Gasteiger partial charge in [-0.2, -0.15) is 0 Å². The first-order chi connectivity index (χ1) is 7.95. The van der Waals surface area contributed by atoms with Crippen molar-refractivity contribution >= 4 is 0 Å². The Labute approximate surface area is 98.0 Å². The molecular weight excluding hydrogens is 198 g/mol. The van der Waals surface area contributed by atoms with Crippen molar-refractivity contribution in [1.82, 2.24) is 15.6 Å². The molecule has 1 aliphatic heterocycles. The molecule has 3 nitrogen and oxygen atoms in total. The van der Waals surface area contributed by atoms with Gasteiger partial charge in [-0.15, -0.1) is 0 Å². The van der Waals surface area contributed by atoms with Crippen LogP contribution in [-0.2, 0) is 6.42 Å². The Morgan fingerprint density at radius 2 is 2.38 bits per heavy atom. The van der Waals surface area contributed by atoms with Crippen molar-refractivity contribution in [2.45, 2.75) is 25.7 Å². The minimum atomic E-state index is 0.897. The first kappa shape index (κ1) is 11.7. The lowest BCUT2D eigenvalue weighted by Crippen LogP contribution is -2.32. The maximum atomic E-state index is 3.53. The molecule has 3 N–H and O–H groups in total. The molecule has 0 saturated carbocycles. The van der Waals surface area contributed by atoms with Gasteiger partial charge in [0.15, 0.2) is 0 Å². The fourth-order valence-corrected chi connectivity index (χ4v) is 2.35. The quantitative estimate of drug-likeness (QED) is 0.638. The monoisotopic (exact) mass is 221 g/mol. The Morgan fingerprint density at radius 1 is 1.38 bits per heavy atom. The molecule has 2 heterocycles. The van der Waals surface area contributed by atoms with Crippen LogP contribution >= 0.6 is 0 Å². The molecule has 90 valence electrons. The standard InChI is InChI=1S/C13H23N3/c1-2-12(10-15-6-1)3-7-14-8-4-13-5-9-16-11-13/h5,9,11-12,14-16H,1-4,6-8,10H2. The van der Waals surface area contributed by atoms with E-state index in [0.717, 1.165) is 25.4 Å². The highest BCUT2D eigenvalue weighted by molar-refractivity contribution is 5.08. The average molecular weight is 221 g/mol. The molecule has 1 unspecified atom stereocenters. The zero-order chi connectivity index (χ0) is 11.1. The molecule has 1 aromatic heterocycles. The first-order valence-corrected chi connectivity index (χ1v) is 6.48. The van der Waals surface area contributed by atoms with E-state index < -0.39 is 0 Å². The molecular formula is C13H23N3. The minimum Gasteiger partial charge on any atom is -0.367 e. The van der Waals surface area contributed by atoms with Crippen LogP contribution in [0.1, 0.15) is 24.8 Å². The van der Waals surface area contributed by atoms with Crippen LogP contribution in [-0.4, -0.2) is 31.2 Å². The van der Waals surface area contributed by atoms with Crippen LogP contribution in [0.4, 0.5) is 0 Å². The second kappa shape index (κ2) is 6.71. The van der Waals surface area contributed by atoms with Crippen LogP contribution in [0.15, 0.2) is 18.5 Å². The lowest BCUT2D eigenvalue weighted by molar-refractivity contribution is 0.352. The first-order valence-electron chi connectivity index (χ1n) is 6.48. The van der Waals surface area contributed by atoms with Crippen molar-refractivity contribution < 1.29 is 0 Å². The highest BCUT2D eigenvalue weighted by Crippen LogP contribution is 2.12. The molecule has 0 bridgehead atoms. The largest absolute Gasteiger partial charge is 0.367 e. The van der Waals surface area contributed by atoms with Crippen molar-refractivity contribution in [2.24, 2.45) is 5.92 Å². The van der Waals surface area contributed by atoms with Crippen LogP contribution in [0.5, 0.6) is 0 Å². The number of rotatable bonds is 6. The lowest BCUT2D eigenvalue weighted by Gasteiger charge is -2.22.